The van der Waals surface area contributed by atoms with E-state index in [2.05, 4.69) is 10.4 Å². The van der Waals surface area contributed by atoms with Crippen LogP contribution in [0, 0.1) is 0 Å². The lowest BCUT2D eigenvalue weighted by molar-refractivity contribution is -0.137. The highest BCUT2D eigenvalue weighted by molar-refractivity contribution is 5.72. The molecule has 2 N–H and O–H groups in total. The van der Waals surface area contributed by atoms with E-state index >= 15 is 0 Å². The van der Waals surface area contributed by atoms with Crippen LogP contribution in [-0.4, -0.2) is 32.6 Å². The quantitative estimate of drug-likeness (QED) is 0.863. The fourth-order valence-electron chi connectivity index (χ4n) is 1.50. The molecule has 1 atom stereocenters. The van der Waals surface area contributed by atoms with Gasteiger partial charge in [-0.15, -0.1) is 0 Å². The van der Waals surface area contributed by atoms with Crippen molar-refractivity contribution in [3.05, 3.63) is 18.0 Å². The van der Waals surface area contributed by atoms with Crippen molar-refractivity contribution < 1.29 is 19.4 Å². The van der Waals surface area contributed by atoms with Crippen molar-refractivity contribution in [1.29, 1.82) is 0 Å². The van der Waals surface area contributed by atoms with Gasteiger partial charge in [0, 0.05) is 18.8 Å². The van der Waals surface area contributed by atoms with Crippen molar-refractivity contribution >= 4 is 12.1 Å². The van der Waals surface area contributed by atoms with Gasteiger partial charge in [0.25, 0.3) is 0 Å². The molecule has 19 heavy (non-hydrogen) atoms. The second-order valence-corrected chi connectivity index (χ2v) is 5.24. The van der Waals surface area contributed by atoms with Gasteiger partial charge >= 0.3 is 12.1 Å². The van der Waals surface area contributed by atoms with Crippen LogP contribution in [0.25, 0.3) is 0 Å². The second-order valence-electron chi connectivity index (χ2n) is 5.24. The summed E-state index contributed by atoms with van der Waals surface area (Å²) in [5.74, 6) is -1.01. The zero-order chi connectivity index (χ0) is 14.6. The number of hydrogen-bond donors (Lipinski definition) is 2. The van der Waals surface area contributed by atoms with Gasteiger partial charge in [0.05, 0.1) is 18.7 Å². The molecule has 0 aliphatic heterocycles. The van der Waals surface area contributed by atoms with E-state index in [9.17, 15) is 9.59 Å². The summed E-state index contributed by atoms with van der Waals surface area (Å²) >= 11 is 0. The fraction of sp³-hybridized carbons (Fsp3) is 0.583. The molecule has 0 aliphatic rings. The van der Waals surface area contributed by atoms with E-state index in [-0.39, 0.29) is 6.42 Å². The third-order valence-electron chi connectivity index (χ3n) is 2.20. The molecular weight excluding hydrogens is 250 g/mol. The Morgan fingerprint density at radius 3 is 2.58 bits per heavy atom. The monoisotopic (exact) mass is 269 g/mol. The van der Waals surface area contributed by atoms with Gasteiger partial charge in [-0.25, -0.2) is 4.79 Å². The van der Waals surface area contributed by atoms with Crippen molar-refractivity contribution in [3.63, 3.8) is 0 Å². The first-order valence-corrected chi connectivity index (χ1v) is 5.87. The molecule has 1 aromatic rings. The highest BCUT2D eigenvalue weighted by atomic mass is 16.6. The second kappa shape index (κ2) is 5.73. The van der Waals surface area contributed by atoms with Crippen molar-refractivity contribution in [3.8, 4) is 0 Å². The number of nitrogens with one attached hydrogen (secondary N) is 1. The van der Waals surface area contributed by atoms with Gasteiger partial charge in [-0.1, -0.05) is 0 Å². The Kier molecular flexibility index (Phi) is 4.52. The van der Waals surface area contributed by atoms with Crippen LogP contribution in [0.4, 0.5) is 4.79 Å². The third kappa shape index (κ3) is 5.41. The van der Waals surface area contributed by atoms with Crippen molar-refractivity contribution in [1.82, 2.24) is 15.1 Å². The summed E-state index contributed by atoms with van der Waals surface area (Å²) in [6, 6.07) is -0.666. The summed E-state index contributed by atoms with van der Waals surface area (Å²) in [7, 11) is 1.72. The smallest absolute Gasteiger partial charge is 0.408 e. The lowest BCUT2D eigenvalue weighted by Crippen LogP contribution is -2.35. The number of nitrogens with zero attached hydrogens (tertiary/aromatic N) is 2. The predicted octanol–water partition coefficient (Wildman–Crippen LogP) is 1.46. The van der Waals surface area contributed by atoms with Gasteiger partial charge in [-0.2, -0.15) is 5.10 Å². The van der Waals surface area contributed by atoms with Gasteiger partial charge < -0.3 is 15.2 Å². The molecule has 0 bridgehead atoms. The molecule has 0 radical (unpaired) electrons. The van der Waals surface area contributed by atoms with Gasteiger partial charge in [0.15, 0.2) is 0 Å². The first-order chi connectivity index (χ1) is 8.67. The molecule has 7 heteroatoms. The van der Waals surface area contributed by atoms with Crippen molar-refractivity contribution in [2.45, 2.75) is 38.8 Å². The maximum atomic E-state index is 11.7. The van der Waals surface area contributed by atoms with Gasteiger partial charge in [-0.3, -0.25) is 9.48 Å². The summed E-state index contributed by atoms with van der Waals surface area (Å²) in [6.07, 6.45) is 2.29. The topological polar surface area (TPSA) is 93.5 Å². The number of carbonyl (C=O) groups is 2. The Labute approximate surface area is 111 Å². The van der Waals surface area contributed by atoms with Crippen molar-refractivity contribution in [2.24, 2.45) is 7.05 Å². The molecule has 1 unspecified atom stereocenters. The number of alkyl carbamates (subject to hydrolysis) is 1. The zero-order valence-corrected chi connectivity index (χ0v) is 11.5. The number of rotatable bonds is 4. The summed E-state index contributed by atoms with van der Waals surface area (Å²) in [5, 5.41) is 15.4. The molecule has 106 valence electrons. The molecule has 0 aliphatic carbocycles. The summed E-state index contributed by atoms with van der Waals surface area (Å²) in [5.41, 5.74) is -0.0111. The van der Waals surface area contributed by atoms with Crippen LogP contribution in [0.3, 0.4) is 0 Å². The number of aliphatic carboxylic acids is 1. The van der Waals surface area contributed by atoms with E-state index in [0.29, 0.717) is 5.56 Å². The van der Waals surface area contributed by atoms with Gasteiger partial charge in [0.2, 0.25) is 0 Å². The zero-order valence-electron chi connectivity index (χ0n) is 11.5. The SMILES string of the molecule is Cn1cc(C(CC(=O)O)NC(=O)OC(C)(C)C)cn1. The lowest BCUT2D eigenvalue weighted by atomic mass is 10.1. The Bertz CT molecular complexity index is 462. The number of carboxylic acid groups (broad SMARTS) is 1. The number of amides is 1. The lowest BCUT2D eigenvalue weighted by Gasteiger charge is -2.22. The molecule has 7 nitrogen and oxygen atoms in total. The van der Waals surface area contributed by atoms with E-state index in [1.807, 2.05) is 0 Å². The highest BCUT2D eigenvalue weighted by Crippen LogP contribution is 2.17. The first-order valence-electron chi connectivity index (χ1n) is 5.87. The Hall–Kier alpha value is -2.05. The Morgan fingerprint density at radius 1 is 1.53 bits per heavy atom. The van der Waals surface area contributed by atoms with Crippen LogP contribution in [-0.2, 0) is 16.6 Å². The average Bonchev–Trinajstić information content (AvgIpc) is 2.60. The van der Waals surface area contributed by atoms with Crippen LogP contribution in [0.1, 0.15) is 38.8 Å². The van der Waals surface area contributed by atoms with E-state index in [0.717, 1.165) is 0 Å². The number of ether oxygens (including phenoxy) is 1. The number of carbonyl (C=O) groups excluding carboxylic acids is 1. The molecule has 1 aromatic heterocycles. The van der Waals surface area contributed by atoms with Crippen LogP contribution < -0.4 is 5.32 Å². The summed E-state index contributed by atoms with van der Waals surface area (Å²) < 4.78 is 6.65. The van der Waals surface area contributed by atoms with E-state index < -0.39 is 23.7 Å². The van der Waals surface area contributed by atoms with Crippen LogP contribution in [0.15, 0.2) is 12.4 Å². The van der Waals surface area contributed by atoms with E-state index in [4.69, 9.17) is 9.84 Å². The fourth-order valence-corrected chi connectivity index (χ4v) is 1.50. The molecule has 0 spiro atoms. The maximum Gasteiger partial charge on any atom is 0.408 e. The highest BCUT2D eigenvalue weighted by Gasteiger charge is 2.23. The third-order valence-corrected chi connectivity index (χ3v) is 2.20. The molecular formula is C12H19N3O4. The molecule has 1 amide bonds. The van der Waals surface area contributed by atoms with Crippen molar-refractivity contribution in [2.75, 3.05) is 0 Å². The number of hydrogen-bond acceptors (Lipinski definition) is 4. The Morgan fingerprint density at radius 2 is 2.16 bits per heavy atom. The minimum absolute atomic E-state index is 0.231. The van der Waals surface area contributed by atoms with Gasteiger partial charge in [-0.05, 0) is 20.8 Å². The minimum Gasteiger partial charge on any atom is -0.481 e. The van der Waals surface area contributed by atoms with Crippen LogP contribution in [0.2, 0.25) is 0 Å². The minimum atomic E-state index is -1.01. The van der Waals surface area contributed by atoms with Crippen LogP contribution in [0.5, 0.6) is 0 Å². The molecule has 0 saturated carbocycles. The first kappa shape index (κ1) is 15.0. The maximum absolute atomic E-state index is 11.7. The standard InChI is InChI=1S/C12H19N3O4/c1-12(2,3)19-11(18)14-9(5-10(16)17)8-6-13-15(4)7-8/h6-7,9H,5H2,1-4H3,(H,14,18)(H,16,17). The predicted molar refractivity (Wildman–Crippen MR) is 67.6 cm³/mol. The van der Waals surface area contributed by atoms with Crippen LogP contribution >= 0.6 is 0 Å². The number of aromatic nitrogens is 2. The van der Waals surface area contributed by atoms with E-state index in [1.165, 1.54) is 6.20 Å². The average molecular weight is 269 g/mol. The van der Waals surface area contributed by atoms with Gasteiger partial charge in [0.1, 0.15) is 5.60 Å². The number of aryl methyl sites for hydroxylation is 1. The summed E-state index contributed by atoms with van der Waals surface area (Å²) in [4.78, 5) is 22.5. The largest absolute Gasteiger partial charge is 0.481 e. The Balaban J connectivity index is 2.76. The molecule has 0 fully saturated rings. The number of carboxylic acids is 1. The normalized spacial score (nSPS) is 12.8. The molecule has 0 aromatic carbocycles. The summed E-state index contributed by atoms with van der Waals surface area (Å²) in [6.45, 7) is 5.22. The van der Waals surface area contributed by atoms with E-state index in [1.54, 1.807) is 38.7 Å². The molecule has 1 rings (SSSR count). The molecule has 1 heterocycles. The molecule has 0 saturated heterocycles.